The molecule has 0 spiro atoms. The fourth-order valence-electron chi connectivity index (χ4n) is 1.06. The average molecular weight is 214 g/mol. The first-order chi connectivity index (χ1) is 6.81. The van der Waals surface area contributed by atoms with Crippen LogP contribution in [-0.2, 0) is 4.74 Å². The predicted molar refractivity (Wildman–Crippen MR) is 50.3 cm³/mol. The molecule has 1 aromatic heterocycles. The molecule has 1 aliphatic heterocycles. The summed E-state index contributed by atoms with van der Waals surface area (Å²) in [4.78, 5) is 15.2. The van der Waals surface area contributed by atoms with Gasteiger partial charge in [-0.25, -0.2) is 4.79 Å². The van der Waals surface area contributed by atoms with Crippen molar-refractivity contribution in [2.45, 2.75) is 12.8 Å². The van der Waals surface area contributed by atoms with E-state index in [9.17, 15) is 4.79 Å². The first-order valence-electron chi connectivity index (χ1n) is 4.39. The van der Waals surface area contributed by atoms with Gasteiger partial charge in [-0.05, 0) is 12.1 Å². The van der Waals surface area contributed by atoms with Gasteiger partial charge in [-0.3, -0.25) is 0 Å². The maximum atomic E-state index is 11.2. The number of nitrogens with zero attached hydrogens (tertiary/aromatic N) is 2. The molecule has 0 aromatic carbocycles. The highest BCUT2D eigenvalue weighted by atomic mass is 32.2. The van der Waals surface area contributed by atoms with Crippen molar-refractivity contribution < 1.29 is 14.1 Å². The van der Waals surface area contributed by atoms with Crippen molar-refractivity contribution in [3.05, 3.63) is 11.7 Å². The summed E-state index contributed by atoms with van der Waals surface area (Å²) in [5.74, 6) is 2.35. The quantitative estimate of drug-likeness (QED) is 0.701. The minimum atomic E-state index is -0.519. The highest BCUT2D eigenvalue weighted by Gasteiger charge is 2.27. The zero-order valence-corrected chi connectivity index (χ0v) is 8.54. The lowest BCUT2D eigenvalue weighted by atomic mass is 10.2. The van der Waals surface area contributed by atoms with Crippen LogP contribution in [0, 0.1) is 0 Å². The van der Waals surface area contributed by atoms with Crippen molar-refractivity contribution in [1.29, 1.82) is 0 Å². The van der Waals surface area contributed by atoms with Crippen LogP contribution in [0.1, 0.15) is 29.4 Å². The summed E-state index contributed by atoms with van der Waals surface area (Å²) in [5, 5.41) is 3.57. The van der Waals surface area contributed by atoms with Gasteiger partial charge in [-0.2, -0.15) is 16.7 Å². The molecule has 1 saturated heterocycles. The number of aromatic nitrogens is 2. The van der Waals surface area contributed by atoms with E-state index < -0.39 is 5.97 Å². The van der Waals surface area contributed by atoms with Gasteiger partial charge in [-0.15, -0.1) is 0 Å². The minimum absolute atomic E-state index is 0.0266. The van der Waals surface area contributed by atoms with E-state index >= 15 is 0 Å². The van der Waals surface area contributed by atoms with Gasteiger partial charge < -0.3 is 9.26 Å². The van der Waals surface area contributed by atoms with Crippen molar-refractivity contribution in [2.24, 2.45) is 0 Å². The third-order valence-electron chi connectivity index (χ3n) is 1.89. The molecule has 0 unspecified atom stereocenters. The number of esters is 1. The highest BCUT2D eigenvalue weighted by Crippen LogP contribution is 2.32. The van der Waals surface area contributed by atoms with Crippen molar-refractivity contribution in [1.82, 2.24) is 10.1 Å². The molecule has 2 rings (SSSR count). The fourth-order valence-corrected chi connectivity index (χ4v) is 1.81. The van der Waals surface area contributed by atoms with E-state index in [4.69, 9.17) is 9.26 Å². The topological polar surface area (TPSA) is 65.2 Å². The standard InChI is InChI=1S/C8H10N2O3S/c1-2-12-8(11)6-9-7(13-10-6)5-3-14-4-5/h5H,2-4H2,1H3. The molecule has 0 bridgehead atoms. The first kappa shape index (κ1) is 9.51. The number of hydrogen-bond acceptors (Lipinski definition) is 6. The molecule has 76 valence electrons. The molecule has 5 nitrogen and oxygen atoms in total. The number of ether oxygens (including phenoxy) is 1. The Kier molecular flexibility index (Phi) is 2.72. The SMILES string of the molecule is CCOC(=O)c1noc(C2CSC2)n1. The van der Waals surface area contributed by atoms with E-state index in [1.54, 1.807) is 6.92 Å². The van der Waals surface area contributed by atoms with Crippen molar-refractivity contribution >= 4 is 17.7 Å². The third-order valence-corrected chi connectivity index (χ3v) is 3.16. The van der Waals surface area contributed by atoms with E-state index in [1.165, 1.54) is 0 Å². The molecular formula is C8H10N2O3S. The number of carbonyl (C=O) groups excluding carboxylic acids is 1. The lowest BCUT2D eigenvalue weighted by Gasteiger charge is -2.19. The van der Waals surface area contributed by atoms with Crippen LogP contribution in [0.2, 0.25) is 0 Å². The maximum Gasteiger partial charge on any atom is 0.379 e. The second kappa shape index (κ2) is 4.00. The Morgan fingerprint density at radius 2 is 2.50 bits per heavy atom. The Balaban J connectivity index is 2.05. The van der Waals surface area contributed by atoms with Crippen LogP contribution in [0.3, 0.4) is 0 Å². The Labute approximate surface area is 85.2 Å². The molecule has 0 amide bonds. The van der Waals surface area contributed by atoms with Crippen LogP contribution >= 0.6 is 11.8 Å². The van der Waals surface area contributed by atoms with Gasteiger partial charge in [0.1, 0.15) is 0 Å². The Hall–Kier alpha value is -1.04. The molecule has 14 heavy (non-hydrogen) atoms. The molecule has 2 heterocycles. The largest absolute Gasteiger partial charge is 0.460 e. The van der Waals surface area contributed by atoms with Crippen LogP contribution in [0.4, 0.5) is 0 Å². The molecular weight excluding hydrogens is 204 g/mol. The number of carbonyl (C=O) groups is 1. The molecule has 0 atom stereocenters. The molecule has 1 aliphatic rings. The van der Waals surface area contributed by atoms with Crippen LogP contribution in [-0.4, -0.2) is 34.2 Å². The Morgan fingerprint density at radius 3 is 3.07 bits per heavy atom. The van der Waals surface area contributed by atoms with E-state index in [2.05, 4.69) is 10.1 Å². The third kappa shape index (κ3) is 1.75. The van der Waals surface area contributed by atoms with Crippen molar-refractivity contribution in [3.63, 3.8) is 0 Å². The lowest BCUT2D eigenvalue weighted by Crippen LogP contribution is -2.16. The monoisotopic (exact) mass is 214 g/mol. The Morgan fingerprint density at radius 1 is 1.71 bits per heavy atom. The van der Waals surface area contributed by atoms with Crippen molar-refractivity contribution in [3.8, 4) is 0 Å². The van der Waals surface area contributed by atoms with E-state index in [-0.39, 0.29) is 5.82 Å². The van der Waals surface area contributed by atoms with Crippen LogP contribution in [0.5, 0.6) is 0 Å². The van der Waals surface area contributed by atoms with Gasteiger partial charge in [0.15, 0.2) is 0 Å². The van der Waals surface area contributed by atoms with Gasteiger partial charge >= 0.3 is 5.97 Å². The van der Waals surface area contributed by atoms with Crippen LogP contribution in [0.25, 0.3) is 0 Å². The summed E-state index contributed by atoms with van der Waals surface area (Å²) < 4.78 is 9.70. The van der Waals surface area contributed by atoms with Crippen LogP contribution < -0.4 is 0 Å². The summed E-state index contributed by atoms with van der Waals surface area (Å²) in [6, 6.07) is 0. The Bertz CT molecular complexity index is 335. The van der Waals surface area contributed by atoms with Gasteiger partial charge in [0.05, 0.1) is 12.5 Å². The minimum Gasteiger partial charge on any atom is -0.460 e. The summed E-state index contributed by atoms with van der Waals surface area (Å²) in [6.07, 6.45) is 0. The van der Waals surface area contributed by atoms with Crippen molar-refractivity contribution in [2.75, 3.05) is 18.1 Å². The summed E-state index contributed by atoms with van der Waals surface area (Å²) in [7, 11) is 0. The molecule has 0 radical (unpaired) electrons. The maximum absolute atomic E-state index is 11.2. The molecule has 1 aromatic rings. The zero-order chi connectivity index (χ0) is 9.97. The smallest absolute Gasteiger partial charge is 0.379 e. The van der Waals surface area contributed by atoms with E-state index in [1.807, 2.05) is 11.8 Å². The number of thioether (sulfide) groups is 1. The van der Waals surface area contributed by atoms with Crippen LogP contribution in [0.15, 0.2) is 4.52 Å². The zero-order valence-electron chi connectivity index (χ0n) is 7.73. The predicted octanol–water partition coefficient (Wildman–Crippen LogP) is 1.08. The number of hydrogen-bond donors (Lipinski definition) is 0. The normalized spacial score (nSPS) is 16.4. The summed E-state index contributed by atoms with van der Waals surface area (Å²) >= 11 is 1.82. The second-order valence-electron chi connectivity index (χ2n) is 2.91. The fraction of sp³-hybridized carbons (Fsp3) is 0.625. The molecule has 1 fully saturated rings. The summed E-state index contributed by atoms with van der Waals surface area (Å²) in [6.45, 7) is 2.06. The molecule has 0 aliphatic carbocycles. The lowest BCUT2D eigenvalue weighted by molar-refractivity contribution is 0.0508. The first-order valence-corrected chi connectivity index (χ1v) is 5.55. The van der Waals surface area contributed by atoms with Gasteiger partial charge in [0.2, 0.25) is 5.89 Å². The summed E-state index contributed by atoms with van der Waals surface area (Å²) in [5.41, 5.74) is 0. The molecule has 0 saturated carbocycles. The van der Waals surface area contributed by atoms with Gasteiger partial charge in [0, 0.05) is 11.5 Å². The number of rotatable bonds is 3. The van der Waals surface area contributed by atoms with E-state index in [0.717, 1.165) is 11.5 Å². The van der Waals surface area contributed by atoms with E-state index in [0.29, 0.717) is 18.4 Å². The second-order valence-corrected chi connectivity index (χ2v) is 3.99. The highest BCUT2D eigenvalue weighted by molar-refractivity contribution is 8.00. The molecule has 0 N–H and O–H groups in total. The van der Waals surface area contributed by atoms with Gasteiger partial charge in [0.25, 0.3) is 5.82 Å². The van der Waals surface area contributed by atoms with Gasteiger partial charge in [-0.1, -0.05) is 0 Å². The average Bonchev–Trinajstić information content (AvgIpc) is 2.50. The molecule has 6 heteroatoms.